The average Bonchev–Trinajstić information content (AvgIpc) is 2.49. The minimum Gasteiger partial charge on any atom is -0.488 e. The summed E-state index contributed by atoms with van der Waals surface area (Å²) in [7, 11) is 3.68. The van der Waals surface area contributed by atoms with Gasteiger partial charge in [-0.25, -0.2) is 0 Å². The van der Waals surface area contributed by atoms with E-state index in [0.29, 0.717) is 37.5 Å². The number of nitrogens with two attached hydrogens (primary N) is 1. The molecule has 126 valence electrons. The van der Waals surface area contributed by atoms with E-state index in [0.717, 1.165) is 0 Å². The monoisotopic (exact) mass is 321 g/mol. The number of primary amides is 1. The van der Waals surface area contributed by atoms with Gasteiger partial charge in [-0.1, -0.05) is 0 Å². The van der Waals surface area contributed by atoms with Crippen LogP contribution in [0.2, 0.25) is 0 Å². The lowest BCUT2D eigenvalue weighted by molar-refractivity contribution is -0.124. The Morgan fingerprint density at radius 2 is 2.04 bits per heavy atom. The van der Waals surface area contributed by atoms with Crippen LogP contribution in [0.5, 0.6) is 5.75 Å². The van der Waals surface area contributed by atoms with Crippen LogP contribution in [0.1, 0.15) is 16.8 Å². The molecule has 1 fully saturated rings. The number of carbonyl (C=O) groups excluding carboxylic acids is 2. The van der Waals surface area contributed by atoms with Gasteiger partial charge in [0, 0.05) is 12.0 Å². The van der Waals surface area contributed by atoms with Crippen LogP contribution in [0, 0.1) is 0 Å². The molecule has 2 amide bonds. The predicted molar refractivity (Wildman–Crippen MR) is 85.3 cm³/mol. The predicted octanol–water partition coefficient (Wildman–Crippen LogP) is -0.000400. The number of benzene rings is 1. The molecule has 7 nitrogen and oxygen atoms in total. The van der Waals surface area contributed by atoms with Crippen LogP contribution < -0.4 is 15.8 Å². The number of ether oxygens (including phenoxy) is 2. The van der Waals surface area contributed by atoms with E-state index in [9.17, 15) is 9.59 Å². The fourth-order valence-corrected chi connectivity index (χ4v) is 2.41. The molecule has 1 heterocycles. The number of amides is 2. The number of nitrogens with zero attached hydrogens (tertiary/aromatic N) is 1. The van der Waals surface area contributed by atoms with Crippen LogP contribution in [0.15, 0.2) is 24.3 Å². The first kappa shape index (κ1) is 17.2. The molecule has 0 bridgehead atoms. The van der Waals surface area contributed by atoms with E-state index < -0.39 is 5.91 Å². The molecule has 1 aromatic carbocycles. The van der Waals surface area contributed by atoms with Crippen molar-refractivity contribution in [2.75, 3.05) is 33.9 Å². The first-order valence-corrected chi connectivity index (χ1v) is 7.54. The molecule has 1 saturated heterocycles. The van der Waals surface area contributed by atoms with Gasteiger partial charge in [0.1, 0.15) is 11.9 Å². The van der Waals surface area contributed by atoms with Crippen LogP contribution >= 0.6 is 0 Å². The minimum atomic E-state index is -0.476. The van der Waals surface area contributed by atoms with Gasteiger partial charge in [0.2, 0.25) is 11.8 Å². The molecule has 0 saturated carbocycles. The number of hydrogen-bond donors (Lipinski definition) is 2. The Bertz CT molecular complexity index is 545. The van der Waals surface area contributed by atoms with Crippen molar-refractivity contribution >= 4 is 11.8 Å². The summed E-state index contributed by atoms with van der Waals surface area (Å²) in [5.74, 6) is 0.0911. The van der Waals surface area contributed by atoms with Crippen molar-refractivity contribution in [2.45, 2.75) is 18.6 Å². The van der Waals surface area contributed by atoms with Crippen molar-refractivity contribution in [3.8, 4) is 5.75 Å². The average molecular weight is 321 g/mol. The van der Waals surface area contributed by atoms with Crippen molar-refractivity contribution in [3.63, 3.8) is 0 Å². The Morgan fingerprint density at radius 1 is 1.35 bits per heavy atom. The highest BCUT2D eigenvalue weighted by molar-refractivity contribution is 5.92. The van der Waals surface area contributed by atoms with E-state index >= 15 is 0 Å². The molecule has 1 aliphatic heterocycles. The van der Waals surface area contributed by atoms with E-state index in [1.54, 1.807) is 29.2 Å². The third-order valence-corrected chi connectivity index (χ3v) is 3.53. The SMILES string of the molecule is CN(C)CC(=O)NC1COCCC1Oc1ccc(C(N)=O)cc1. The first-order chi connectivity index (χ1) is 11.0. The van der Waals surface area contributed by atoms with Crippen LogP contribution in [-0.2, 0) is 9.53 Å². The molecular formula is C16H23N3O4. The molecule has 7 heteroatoms. The summed E-state index contributed by atoms with van der Waals surface area (Å²) in [4.78, 5) is 24.8. The molecular weight excluding hydrogens is 298 g/mol. The fraction of sp³-hybridized carbons (Fsp3) is 0.500. The number of nitrogens with one attached hydrogen (secondary N) is 1. The summed E-state index contributed by atoms with van der Waals surface area (Å²) in [6.07, 6.45) is 0.513. The van der Waals surface area contributed by atoms with E-state index in [4.69, 9.17) is 15.2 Å². The standard InChI is InChI=1S/C16H23N3O4/c1-19(2)9-15(20)18-13-10-22-8-7-14(13)23-12-5-3-11(4-6-12)16(17)21/h3-6,13-14H,7-10H2,1-2H3,(H2,17,21)(H,18,20). The second-order valence-electron chi connectivity index (χ2n) is 5.82. The second-order valence-corrected chi connectivity index (χ2v) is 5.82. The second kappa shape index (κ2) is 7.94. The van der Waals surface area contributed by atoms with Gasteiger partial charge < -0.3 is 25.4 Å². The quantitative estimate of drug-likeness (QED) is 0.769. The molecule has 0 aromatic heterocycles. The summed E-state index contributed by atoms with van der Waals surface area (Å²) in [5.41, 5.74) is 5.65. The van der Waals surface area contributed by atoms with Crippen LogP contribution in [0.25, 0.3) is 0 Å². The Morgan fingerprint density at radius 3 is 2.65 bits per heavy atom. The smallest absolute Gasteiger partial charge is 0.248 e. The normalized spacial score (nSPS) is 21.0. The van der Waals surface area contributed by atoms with Crippen molar-refractivity contribution in [1.29, 1.82) is 0 Å². The lowest BCUT2D eigenvalue weighted by atomic mass is 10.1. The molecule has 2 atom stereocenters. The first-order valence-electron chi connectivity index (χ1n) is 7.54. The van der Waals surface area contributed by atoms with Gasteiger partial charge in [0.15, 0.2) is 0 Å². The topological polar surface area (TPSA) is 93.9 Å². The van der Waals surface area contributed by atoms with E-state index in [1.165, 1.54) is 0 Å². The lowest BCUT2D eigenvalue weighted by Crippen LogP contribution is -2.53. The van der Waals surface area contributed by atoms with Crippen molar-refractivity contribution < 1.29 is 19.1 Å². The Kier molecular flexibility index (Phi) is 5.95. The van der Waals surface area contributed by atoms with Crippen LogP contribution in [0.4, 0.5) is 0 Å². The number of hydrogen-bond acceptors (Lipinski definition) is 5. The summed E-state index contributed by atoms with van der Waals surface area (Å²) in [6, 6.07) is 6.45. The molecule has 2 unspecified atom stereocenters. The summed E-state index contributed by atoms with van der Waals surface area (Å²) < 4.78 is 11.4. The third-order valence-electron chi connectivity index (χ3n) is 3.53. The molecule has 0 radical (unpaired) electrons. The molecule has 2 rings (SSSR count). The maximum Gasteiger partial charge on any atom is 0.248 e. The van der Waals surface area contributed by atoms with Gasteiger partial charge in [0.05, 0.1) is 25.8 Å². The zero-order valence-corrected chi connectivity index (χ0v) is 13.5. The summed E-state index contributed by atoms with van der Waals surface area (Å²) in [5, 5.41) is 2.95. The molecule has 1 aliphatic rings. The number of likely N-dealkylation sites (N-methyl/N-ethyl adjacent to an activating group) is 1. The Labute approximate surface area is 135 Å². The maximum atomic E-state index is 11.9. The molecule has 3 N–H and O–H groups in total. The molecule has 0 spiro atoms. The lowest BCUT2D eigenvalue weighted by Gasteiger charge is -2.32. The largest absolute Gasteiger partial charge is 0.488 e. The zero-order valence-electron chi connectivity index (χ0n) is 13.5. The van der Waals surface area contributed by atoms with E-state index in [1.807, 2.05) is 14.1 Å². The van der Waals surface area contributed by atoms with Gasteiger partial charge in [0.25, 0.3) is 0 Å². The van der Waals surface area contributed by atoms with Gasteiger partial charge in [-0.2, -0.15) is 0 Å². The molecule has 23 heavy (non-hydrogen) atoms. The van der Waals surface area contributed by atoms with Gasteiger partial charge in [-0.15, -0.1) is 0 Å². The van der Waals surface area contributed by atoms with Gasteiger partial charge in [-0.05, 0) is 38.4 Å². The van der Waals surface area contributed by atoms with Crippen molar-refractivity contribution in [2.24, 2.45) is 5.73 Å². The fourth-order valence-electron chi connectivity index (χ4n) is 2.41. The number of carbonyl (C=O) groups is 2. The summed E-state index contributed by atoms with van der Waals surface area (Å²) in [6.45, 7) is 1.32. The van der Waals surface area contributed by atoms with Crippen LogP contribution in [0.3, 0.4) is 0 Å². The minimum absolute atomic E-state index is 0.0665. The highest BCUT2D eigenvalue weighted by atomic mass is 16.5. The highest BCUT2D eigenvalue weighted by Gasteiger charge is 2.29. The van der Waals surface area contributed by atoms with Crippen LogP contribution in [-0.4, -0.2) is 62.7 Å². The molecule has 0 aliphatic carbocycles. The number of rotatable bonds is 6. The van der Waals surface area contributed by atoms with E-state index in [-0.39, 0.29) is 18.1 Å². The molecule has 1 aromatic rings. The van der Waals surface area contributed by atoms with Crippen molar-refractivity contribution in [1.82, 2.24) is 10.2 Å². The van der Waals surface area contributed by atoms with Gasteiger partial charge >= 0.3 is 0 Å². The maximum absolute atomic E-state index is 11.9. The van der Waals surface area contributed by atoms with E-state index in [2.05, 4.69) is 5.32 Å². The Hall–Kier alpha value is -2.12. The zero-order chi connectivity index (χ0) is 16.8. The Balaban J connectivity index is 1.97. The third kappa shape index (κ3) is 5.22. The highest BCUT2D eigenvalue weighted by Crippen LogP contribution is 2.19. The summed E-state index contributed by atoms with van der Waals surface area (Å²) >= 11 is 0. The van der Waals surface area contributed by atoms with Gasteiger partial charge in [-0.3, -0.25) is 9.59 Å². The van der Waals surface area contributed by atoms with Crippen molar-refractivity contribution in [3.05, 3.63) is 29.8 Å².